The van der Waals surface area contributed by atoms with E-state index >= 15 is 0 Å². The molecule has 0 radical (unpaired) electrons. The van der Waals surface area contributed by atoms with Crippen molar-refractivity contribution in [2.75, 3.05) is 0 Å². The molecule has 5 heteroatoms. The fraction of sp³-hybridized carbons (Fsp3) is 0.400. The van der Waals surface area contributed by atoms with Crippen LogP contribution in [0.2, 0.25) is 0 Å². The third kappa shape index (κ3) is 2.98. The molecule has 0 atom stereocenters. The zero-order valence-electron chi connectivity index (χ0n) is 14.3. The molecule has 0 bridgehead atoms. The van der Waals surface area contributed by atoms with E-state index in [0.717, 1.165) is 29.0 Å². The van der Waals surface area contributed by atoms with E-state index < -0.39 is 0 Å². The second-order valence-electron chi connectivity index (χ2n) is 6.67. The average molecular weight is 465 g/mol. The second-order valence-corrected chi connectivity index (χ2v) is 12.8. The normalized spacial score (nSPS) is 12.0. The molecule has 3 nitrogen and oxygen atoms in total. The molecule has 0 fully saturated rings. The van der Waals surface area contributed by atoms with Gasteiger partial charge in [0.1, 0.15) is 0 Å². The summed E-state index contributed by atoms with van der Waals surface area (Å²) in [5.41, 5.74) is -0.191. The molecule has 0 aliphatic heterocycles. The van der Waals surface area contributed by atoms with Crippen LogP contribution in [0.5, 0.6) is 0 Å². The molecule has 0 spiro atoms. The molecule has 0 saturated heterocycles. The first-order valence-corrected chi connectivity index (χ1v) is 15.1. The number of unbranched alkanes of at least 4 members (excludes halogenated alkanes) is 5. The van der Waals surface area contributed by atoms with Gasteiger partial charge in [-0.15, -0.1) is 0 Å². The van der Waals surface area contributed by atoms with Crippen molar-refractivity contribution < 1.29 is 0 Å². The molecule has 0 N–H and O–H groups in total. The summed E-state index contributed by atoms with van der Waals surface area (Å²) in [6.45, 7) is 2.75. The van der Waals surface area contributed by atoms with Crippen LogP contribution in [-0.4, -0.2) is 29.8 Å². The van der Waals surface area contributed by atoms with Gasteiger partial charge in [-0.2, -0.15) is 0 Å². The Hall–Kier alpha value is -1.12. The van der Waals surface area contributed by atoms with Crippen LogP contribution in [-0.2, 0) is 6.54 Å². The van der Waals surface area contributed by atoms with E-state index in [1.54, 1.807) is 0 Å². The Morgan fingerprint density at radius 3 is 1.92 bits per heavy atom. The summed E-state index contributed by atoms with van der Waals surface area (Å²) in [7, 11) is 0. The van der Waals surface area contributed by atoms with Gasteiger partial charge in [-0.1, -0.05) is 13.3 Å². The van der Waals surface area contributed by atoms with Crippen LogP contribution in [0.1, 0.15) is 45.4 Å². The molecule has 25 heavy (non-hydrogen) atoms. The molecule has 130 valence electrons. The molecule has 4 aromatic rings. The summed E-state index contributed by atoms with van der Waals surface area (Å²) in [5, 5.41) is 3.62. The summed E-state index contributed by atoms with van der Waals surface area (Å²) < 4.78 is 4.21. The molecule has 0 amide bonds. The molecule has 0 unspecified atom stereocenters. The van der Waals surface area contributed by atoms with E-state index in [4.69, 9.17) is 0 Å². The summed E-state index contributed by atoms with van der Waals surface area (Å²) >= 11 is 0.989. The zero-order chi connectivity index (χ0) is 17.4. The molecule has 0 saturated carbocycles. The van der Waals surface area contributed by atoms with Crippen LogP contribution in [0, 0.1) is 0 Å². The van der Waals surface area contributed by atoms with E-state index in [-0.39, 0.29) is 11.1 Å². The number of benzene rings is 2. The van der Waals surface area contributed by atoms with E-state index in [1.807, 2.05) is 12.1 Å². The summed E-state index contributed by atoms with van der Waals surface area (Å²) in [6.07, 6.45) is 6.92. The van der Waals surface area contributed by atoms with Crippen molar-refractivity contribution >= 4 is 55.3 Å². The number of hydrogen-bond acceptors (Lipinski definition) is 2. The van der Waals surface area contributed by atoms with Crippen molar-refractivity contribution in [2.24, 2.45) is 0 Å². The van der Waals surface area contributed by atoms with Gasteiger partial charge in [0.25, 0.3) is 0 Å². The van der Waals surface area contributed by atoms with Crippen molar-refractivity contribution in [1.82, 2.24) is 4.57 Å². The first kappa shape index (κ1) is 17.3. The number of rotatable bonds is 7. The Bertz CT molecular complexity index is 1060. The SMILES string of the molecule is CCCCCCCCn1c(=O)c2ccc3[se][se]c4ccc(c1=O)c2c34. The van der Waals surface area contributed by atoms with E-state index in [0.29, 0.717) is 31.8 Å². The van der Waals surface area contributed by atoms with E-state index in [1.165, 1.54) is 44.2 Å². The monoisotopic (exact) mass is 467 g/mol. The molecule has 2 aromatic carbocycles. The van der Waals surface area contributed by atoms with Gasteiger partial charge in [0.15, 0.2) is 0 Å². The molecule has 0 aliphatic rings. The second kappa shape index (κ2) is 7.25. The number of nitrogens with zero attached hydrogens (tertiary/aromatic N) is 1. The van der Waals surface area contributed by atoms with Crippen LogP contribution in [0.4, 0.5) is 0 Å². The van der Waals surface area contributed by atoms with Gasteiger partial charge in [0.2, 0.25) is 0 Å². The molecule has 2 heterocycles. The molecular formula is C20H21NO2Se2. The minimum absolute atomic E-state index is 0.0957. The Balaban J connectivity index is 1.75. The number of hydrogen-bond donors (Lipinski definition) is 0. The summed E-state index contributed by atoms with van der Waals surface area (Å²) in [5.74, 6) is 0. The maximum absolute atomic E-state index is 12.9. The van der Waals surface area contributed by atoms with Crippen molar-refractivity contribution in [2.45, 2.75) is 52.0 Å². The Morgan fingerprint density at radius 2 is 1.32 bits per heavy atom. The van der Waals surface area contributed by atoms with Gasteiger partial charge in [-0.3, -0.25) is 0 Å². The van der Waals surface area contributed by atoms with Crippen LogP contribution >= 0.6 is 0 Å². The van der Waals surface area contributed by atoms with Gasteiger partial charge >= 0.3 is 144 Å². The van der Waals surface area contributed by atoms with Gasteiger partial charge in [0, 0.05) is 0 Å². The van der Waals surface area contributed by atoms with E-state index in [2.05, 4.69) is 19.1 Å². The minimum atomic E-state index is -0.0957. The predicted octanol–water partition coefficient (Wildman–Crippen LogP) is 3.58. The van der Waals surface area contributed by atoms with Crippen LogP contribution in [0.15, 0.2) is 33.9 Å². The topological polar surface area (TPSA) is 39.1 Å². The fourth-order valence-electron chi connectivity index (χ4n) is 3.66. The van der Waals surface area contributed by atoms with Crippen molar-refractivity contribution in [1.29, 1.82) is 0 Å². The Kier molecular flexibility index (Phi) is 5.01. The zero-order valence-corrected chi connectivity index (χ0v) is 17.8. The van der Waals surface area contributed by atoms with Crippen molar-refractivity contribution in [3.05, 3.63) is 45.0 Å². The molecule has 4 rings (SSSR count). The third-order valence-electron chi connectivity index (χ3n) is 4.99. The third-order valence-corrected chi connectivity index (χ3v) is 12.2. The summed E-state index contributed by atoms with van der Waals surface area (Å²) in [4.78, 5) is 25.9. The van der Waals surface area contributed by atoms with Crippen molar-refractivity contribution in [3.8, 4) is 0 Å². The van der Waals surface area contributed by atoms with Gasteiger partial charge in [-0.05, 0) is 0 Å². The number of pyridine rings is 1. The van der Waals surface area contributed by atoms with Gasteiger partial charge < -0.3 is 0 Å². The van der Waals surface area contributed by atoms with Crippen LogP contribution in [0.25, 0.3) is 30.1 Å². The molecular weight excluding hydrogens is 444 g/mol. The van der Waals surface area contributed by atoms with Crippen LogP contribution < -0.4 is 11.1 Å². The molecule has 2 aromatic heterocycles. The Morgan fingerprint density at radius 1 is 0.760 bits per heavy atom. The quantitative estimate of drug-likeness (QED) is 0.309. The van der Waals surface area contributed by atoms with Gasteiger partial charge in [-0.25, -0.2) is 0 Å². The first-order chi connectivity index (χ1) is 12.2. The molecule has 0 aliphatic carbocycles. The maximum atomic E-state index is 12.9. The Labute approximate surface area is 156 Å². The van der Waals surface area contributed by atoms with Crippen LogP contribution in [0.3, 0.4) is 0 Å². The first-order valence-electron chi connectivity index (χ1n) is 9.03. The van der Waals surface area contributed by atoms with Crippen molar-refractivity contribution in [3.63, 3.8) is 0 Å². The van der Waals surface area contributed by atoms with E-state index in [9.17, 15) is 9.59 Å². The average Bonchev–Trinajstić information content (AvgIpc) is 3.05. The van der Waals surface area contributed by atoms with Gasteiger partial charge in [0.05, 0.1) is 0 Å². The number of aromatic nitrogens is 1. The predicted molar refractivity (Wildman–Crippen MR) is 108 cm³/mol. The summed E-state index contributed by atoms with van der Waals surface area (Å²) in [6, 6.07) is 8.15. The standard InChI is InChI=1S/C20H21NO2Se2/c1-2-3-4-5-6-7-12-21-19(22)13-8-10-15-18-16(25-24-15)11-9-14(17(13)18)20(21)23/h8-11H,2-7,12H2,1H3. The fourth-order valence-corrected chi connectivity index (χ4v) is 11.1.